The standard InChI is InChI=1S/C33H25NO/c1-33(2)29-19-21(24-12-8-13-28-27-11-6-7-14-31(27)35-32(24)28)15-17-25(29)26-18-16-23(20-30(26)33)34-22-9-4-3-5-10-22/h3-20,34H,1-2H3. The Bertz CT molecular complexity index is 1740. The summed E-state index contributed by atoms with van der Waals surface area (Å²) in [7, 11) is 0. The van der Waals surface area contributed by atoms with E-state index in [1.54, 1.807) is 0 Å². The number of fused-ring (bicyclic) bond motifs is 6. The van der Waals surface area contributed by atoms with Gasteiger partial charge in [-0.1, -0.05) is 86.6 Å². The smallest absolute Gasteiger partial charge is 0.143 e. The number of anilines is 2. The number of nitrogens with one attached hydrogen (secondary N) is 1. The van der Waals surface area contributed by atoms with Crippen molar-refractivity contribution in [1.29, 1.82) is 0 Å². The van der Waals surface area contributed by atoms with Crippen LogP contribution in [0.25, 0.3) is 44.2 Å². The predicted octanol–water partition coefficient (Wildman–Crippen LogP) is 9.30. The molecule has 0 bridgehead atoms. The first-order valence-electron chi connectivity index (χ1n) is 12.1. The molecule has 0 saturated carbocycles. The second-order valence-corrected chi connectivity index (χ2v) is 9.92. The van der Waals surface area contributed by atoms with E-state index in [0.29, 0.717) is 0 Å². The molecule has 0 atom stereocenters. The summed E-state index contributed by atoms with van der Waals surface area (Å²) >= 11 is 0. The van der Waals surface area contributed by atoms with E-state index in [4.69, 9.17) is 4.42 Å². The molecule has 1 aliphatic carbocycles. The first-order chi connectivity index (χ1) is 17.1. The zero-order valence-corrected chi connectivity index (χ0v) is 19.8. The van der Waals surface area contributed by atoms with Crippen LogP contribution in [0.15, 0.2) is 114 Å². The van der Waals surface area contributed by atoms with Gasteiger partial charge in [0, 0.05) is 33.1 Å². The third kappa shape index (κ3) is 3.03. The molecule has 0 saturated heterocycles. The molecule has 2 heteroatoms. The fourth-order valence-electron chi connectivity index (χ4n) is 5.65. The van der Waals surface area contributed by atoms with Crippen molar-refractivity contribution in [2.75, 3.05) is 5.32 Å². The fraction of sp³-hybridized carbons (Fsp3) is 0.0909. The molecule has 1 heterocycles. The van der Waals surface area contributed by atoms with Gasteiger partial charge in [0.15, 0.2) is 0 Å². The highest BCUT2D eigenvalue weighted by Crippen LogP contribution is 2.51. The van der Waals surface area contributed by atoms with Crippen LogP contribution < -0.4 is 5.32 Å². The van der Waals surface area contributed by atoms with Gasteiger partial charge < -0.3 is 9.73 Å². The number of furan rings is 1. The number of hydrogen-bond donors (Lipinski definition) is 1. The average Bonchev–Trinajstić information content (AvgIpc) is 3.37. The first kappa shape index (κ1) is 20.1. The largest absolute Gasteiger partial charge is 0.455 e. The molecular weight excluding hydrogens is 426 g/mol. The van der Waals surface area contributed by atoms with Crippen LogP contribution in [0.5, 0.6) is 0 Å². The van der Waals surface area contributed by atoms with E-state index in [0.717, 1.165) is 38.9 Å². The summed E-state index contributed by atoms with van der Waals surface area (Å²) in [4.78, 5) is 0. The molecule has 0 aliphatic heterocycles. The minimum absolute atomic E-state index is 0.100. The highest BCUT2D eigenvalue weighted by atomic mass is 16.3. The van der Waals surface area contributed by atoms with Crippen molar-refractivity contribution in [2.24, 2.45) is 0 Å². The fourth-order valence-corrected chi connectivity index (χ4v) is 5.65. The lowest BCUT2D eigenvalue weighted by Crippen LogP contribution is -2.15. The van der Waals surface area contributed by atoms with Crippen LogP contribution in [0.3, 0.4) is 0 Å². The molecule has 0 radical (unpaired) electrons. The number of hydrogen-bond acceptors (Lipinski definition) is 2. The average molecular weight is 452 g/mol. The van der Waals surface area contributed by atoms with Crippen molar-refractivity contribution >= 4 is 33.3 Å². The Morgan fingerprint density at radius 2 is 1.29 bits per heavy atom. The van der Waals surface area contributed by atoms with Gasteiger partial charge in [-0.25, -0.2) is 0 Å². The normalized spacial score (nSPS) is 13.7. The van der Waals surface area contributed by atoms with Crippen LogP contribution in [-0.2, 0) is 5.41 Å². The van der Waals surface area contributed by atoms with Crippen LogP contribution >= 0.6 is 0 Å². The van der Waals surface area contributed by atoms with Gasteiger partial charge >= 0.3 is 0 Å². The van der Waals surface area contributed by atoms with Gasteiger partial charge in [0.05, 0.1) is 0 Å². The summed E-state index contributed by atoms with van der Waals surface area (Å²) in [6.45, 7) is 4.66. The number of rotatable bonds is 3. The lowest BCUT2D eigenvalue weighted by molar-refractivity contribution is 0.660. The van der Waals surface area contributed by atoms with Gasteiger partial charge in [-0.3, -0.25) is 0 Å². The lowest BCUT2D eigenvalue weighted by atomic mass is 9.81. The maximum absolute atomic E-state index is 6.34. The van der Waals surface area contributed by atoms with Gasteiger partial charge in [-0.2, -0.15) is 0 Å². The van der Waals surface area contributed by atoms with Crippen LogP contribution in [-0.4, -0.2) is 0 Å². The third-order valence-electron chi connectivity index (χ3n) is 7.45. The summed E-state index contributed by atoms with van der Waals surface area (Å²) in [5.41, 5.74) is 11.7. The third-order valence-corrected chi connectivity index (χ3v) is 7.45. The molecule has 0 unspecified atom stereocenters. The van der Waals surface area contributed by atoms with E-state index >= 15 is 0 Å². The molecule has 5 aromatic carbocycles. The molecule has 35 heavy (non-hydrogen) atoms. The molecular formula is C33H25NO. The molecule has 1 N–H and O–H groups in total. The first-order valence-corrected chi connectivity index (χ1v) is 12.1. The van der Waals surface area contributed by atoms with Crippen molar-refractivity contribution in [1.82, 2.24) is 0 Å². The van der Waals surface area contributed by atoms with Crippen LogP contribution in [0.2, 0.25) is 0 Å². The highest BCUT2D eigenvalue weighted by Gasteiger charge is 2.36. The lowest BCUT2D eigenvalue weighted by Gasteiger charge is -2.22. The van der Waals surface area contributed by atoms with Crippen molar-refractivity contribution in [2.45, 2.75) is 19.3 Å². The molecule has 7 rings (SSSR count). The van der Waals surface area contributed by atoms with Crippen LogP contribution in [0.4, 0.5) is 11.4 Å². The summed E-state index contributed by atoms with van der Waals surface area (Å²) in [6, 6.07) is 38.7. The van der Waals surface area contributed by atoms with E-state index in [-0.39, 0.29) is 5.41 Å². The minimum Gasteiger partial charge on any atom is -0.455 e. The maximum Gasteiger partial charge on any atom is 0.143 e. The number of benzene rings is 5. The van der Waals surface area contributed by atoms with Crippen molar-refractivity contribution in [3.05, 3.63) is 120 Å². The summed E-state index contributed by atoms with van der Waals surface area (Å²) in [6.07, 6.45) is 0. The number of para-hydroxylation sites is 3. The Kier molecular flexibility index (Phi) is 4.22. The SMILES string of the molecule is CC1(C)c2cc(Nc3ccccc3)ccc2-c2ccc(-c3cccc4c3oc3ccccc34)cc21. The molecule has 0 fully saturated rings. The van der Waals surface area contributed by atoms with Gasteiger partial charge in [0.25, 0.3) is 0 Å². The Balaban J connectivity index is 1.34. The minimum atomic E-state index is -0.100. The van der Waals surface area contributed by atoms with Crippen molar-refractivity contribution < 1.29 is 4.42 Å². The van der Waals surface area contributed by atoms with Gasteiger partial charge in [-0.05, 0) is 64.2 Å². The van der Waals surface area contributed by atoms with E-state index < -0.39 is 0 Å². The van der Waals surface area contributed by atoms with E-state index in [2.05, 4.69) is 110 Å². The molecule has 0 spiro atoms. The quantitative estimate of drug-likeness (QED) is 0.290. The van der Waals surface area contributed by atoms with Gasteiger partial charge in [0.1, 0.15) is 11.2 Å². The molecule has 1 aliphatic rings. The van der Waals surface area contributed by atoms with E-state index in [1.165, 1.54) is 27.8 Å². The molecule has 168 valence electrons. The van der Waals surface area contributed by atoms with Crippen molar-refractivity contribution in [3.63, 3.8) is 0 Å². The molecule has 6 aromatic rings. The summed E-state index contributed by atoms with van der Waals surface area (Å²) < 4.78 is 6.34. The molecule has 1 aromatic heterocycles. The second kappa shape index (κ2) is 7.35. The summed E-state index contributed by atoms with van der Waals surface area (Å²) in [5, 5.41) is 5.88. The van der Waals surface area contributed by atoms with Crippen LogP contribution in [0.1, 0.15) is 25.0 Å². The topological polar surface area (TPSA) is 25.2 Å². The predicted molar refractivity (Wildman–Crippen MR) is 146 cm³/mol. The molecule has 0 amide bonds. The Morgan fingerprint density at radius 3 is 2.14 bits per heavy atom. The van der Waals surface area contributed by atoms with E-state index in [9.17, 15) is 0 Å². The Morgan fingerprint density at radius 1 is 0.571 bits per heavy atom. The van der Waals surface area contributed by atoms with Gasteiger partial charge in [-0.15, -0.1) is 0 Å². The highest BCUT2D eigenvalue weighted by molar-refractivity contribution is 6.09. The zero-order chi connectivity index (χ0) is 23.6. The Hall–Kier alpha value is -4.30. The Labute approximate surface area is 204 Å². The van der Waals surface area contributed by atoms with E-state index in [1.807, 2.05) is 18.2 Å². The maximum atomic E-state index is 6.34. The van der Waals surface area contributed by atoms with Gasteiger partial charge in [0.2, 0.25) is 0 Å². The van der Waals surface area contributed by atoms with Crippen molar-refractivity contribution in [3.8, 4) is 22.3 Å². The van der Waals surface area contributed by atoms with Crippen LogP contribution in [0, 0.1) is 0 Å². The monoisotopic (exact) mass is 451 g/mol. The molecule has 2 nitrogen and oxygen atoms in total. The summed E-state index contributed by atoms with van der Waals surface area (Å²) in [5.74, 6) is 0. The second-order valence-electron chi connectivity index (χ2n) is 9.92. The zero-order valence-electron chi connectivity index (χ0n) is 19.8.